The van der Waals surface area contributed by atoms with Gasteiger partial charge in [0.2, 0.25) is 0 Å². The van der Waals surface area contributed by atoms with Gasteiger partial charge in [0.15, 0.2) is 0 Å². The van der Waals surface area contributed by atoms with Crippen molar-refractivity contribution < 1.29 is 4.42 Å². The summed E-state index contributed by atoms with van der Waals surface area (Å²) in [4.78, 5) is 0. The fraction of sp³-hybridized carbons (Fsp3) is 0.484. The summed E-state index contributed by atoms with van der Waals surface area (Å²) in [6.45, 7) is 43.4. The molecule has 0 saturated carbocycles. The molecule has 2 unspecified atom stereocenters. The minimum atomic E-state index is -0.201. The minimum absolute atomic E-state index is 0.0135. The standard InChI is InChI=1S/C62H89BN2O/c1-18-22-25-46(9)49-27-30-52(31-28-49)63(59-42-50-41-51(60(11,12)13)29-32-58(50)66-59)55(43-64-39-23-26-48(20-3)45(7)8)57(40-44(5)6)65-56-34-36-62(16,17)38-37-61(14,15)35-33-54(56)53(21-4)47(10)24-19-2/h19-21,23-24,27-34,39-42,45-46,48,64-65H,3-4,18,22,25-26,35-38,43H2,1-2,5-17H3/b24-19+,39-23+,53-47+,54-33-,56-34+,57-55-. The summed E-state index contributed by atoms with van der Waals surface area (Å²) in [7, 11) is 0. The SMILES string of the molecule is C=CC(/C1=C/CC(C)(C)CCC(C)(C)C/C=C\1N/C(C=C(C)C)=C(/CN/C=C/CC(C=C)C(C)C)B(c1ccc(C(C)CCCC)cc1)c1cc2cc(C(C)(C)C)ccc2o1)=C(C)\C=C\C. The number of fused-ring (bicyclic) bond motifs is 1. The summed E-state index contributed by atoms with van der Waals surface area (Å²) in [5.74, 6) is 1.43. The average molecular weight is 889 g/mol. The average Bonchev–Trinajstić information content (AvgIpc) is 3.68. The van der Waals surface area contributed by atoms with E-state index in [0.717, 1.165) is 59.3 Å². The number of hydrogen-bond acceptors (Lipinski definition) is 3. The molecule has 66 heavy (non-hydrogen) atoms. The molecule has 2 atom stereocenters. The van der Waals surface area contributed by atoms with E-state index in [2.05, 4.69) is 231 Å². The van der Waals surface area contributed by atoms with Crippen LogP contribution in [0.5, 0.6) is 0 Å². The summed E-state index contributed by atoms with van der Waals surface area (Å²) >= 11 is 0. The lowest BCUT2D eigenvalue weighted by molar-refractivity contribution is 0.241. The van der Waals surface area contributed by atoms with Crippen molar-refractivity contribution in [1.29, 1.82) is 0 Å². The summed E-state index contributed by atoms with van der Waals surface area (Å²) in [5.41, 5.74) is 14.2. The van der Waals surface area contributed by atoms with E-state index >= 15 is 0 Å². The highest BCUT2D eigenvalue weighted by Gasteiger charge is 2.32. The molecular weight excluding hydrogens is 800 g/mol. The normalized spacial score (nSPS) is 19.0. The van der Waals surface area contributed by atoms with Gasteiger partial charge in [0.1, 0.15) is 5.58 Å². The molecule has 0 spiro atoms. The first-order valence-electron chi connectivity index (χ1n) is 25.3. The van der Waals surface area contributed by atoms with Crippen molar-refractivity contribution in [3.8, 4) is 0 Å². The monoisotopic (exact) mass is 889 g/mol. The maximum absolute atomic E-state index is 7.07. The fourth-order valence-corrected chi connectivity index (χ4v) is 9.07. The molecule has 0 saturated heterocycles. The molecule has 0 fully saturated rings. The number of furan rings is 1. The zero-order chi connectivity index (χ0) is 48.8. The van der Waals surface area contributed by atoms with Crippen molar-refractivity contribution in [2.75, 3.05) is 6.54 Å². The van der Waals surface area contributed by atoms with Gasteiger partial charge in [0.25, 0.3) is 6.71 Å². The van der Waals surface area contributed by atoms with Crippen LogP contribution in [0.1, 0.15) is 172 Å². The summed E-state index contributed by atoms with van der Waals surface area (Å²) in [6.07, 6.45) is 29.0. The Bertz CT molecular complexity index is 2300. The molecule has 0 amide bonds. The number of allylic oxidation sites excluding steroid dienone is 11. The minimum Gasteiger partial charge on any atom is -0.470 e. The molecule has 3 aromatic rings. The fourth-order valence-electron chi connectivity index (χ4n) is 9.07. The van der Waals surface area contributed by atoms with E-state index < -0.39 is 0 Å². The van der Waals surface area contributed by atoms with Gasteiger partial charge in [-0.15, -0.1) is 6.58 Å². The van der Waals surface area contributed by atoms with Crippen LogP contribution >= 0.6 is 0 Å². The van der Waals surface area contributed by atoms with Crippen LogP contribution in [0.25, 0.3) is 11.0 Å². The Morgan fingerprint density at radius 3 is 2.15 bits per heavy atom. The summed E-state index contributed by atoms with van der Waals surface area (Å²) in [6, 6.07) is 18.5. The molecule has 2 aromatic carbocycles. The lowest BCUT2D eigenvalue weighted by atomic mass is 9.38. The van der Waals surface area contributed by atoms with Gasteiger partial charge >= 0.3 is 0 Å². The van der Waals surface area contributed by atoms with E-state index in [-0.39, 0.29) is 23.0 Å². The Labute approximate surface area is 404 Å². The molecule has 4 rings (SSSR count). The predicted octanol–water partition coefficient (Wildman–Crippen LogP) is 16.4. The largest absolute Gasteiger partial charge is 0.470 e. The Morgan fingerprint density at radius 1 is 0.909 bits per heavy atom. The zero-order valence-corrected chi connectivity index (χ0v) is 44.3. The van der Waals surface area contributed by atoms with Crippen LogP contribution in [-0.4, -0.2) is 13.3 Å². The molecule has 1 aromatic heterocycles. The maximum Gasteiger partial charge on any atom is 0.287 e. The Hall–Kier alpha value is -4.70. The molecule has 4 heteroatoms. The van der Waals surface area contributed by atoms with E-state index in [0.29, 0.717) is 24.3 Å². The first-order chi connectivity index (χ1) is 31.1. The number of benzene rings is 2. The second-order valence-electron chi connectivity index (χ2n) is 22.5. The van der Waals surface area contributed by atoms with E-state index in [1.807, 2.05) is 0 Å². The molecule has 356 valence electrons. The molecule has 2 N–H and O–H groups in total. The second kappa shape index (κ2) is 24.4. The highest BCUT2D eigenvalue weighted by Crippen LogP contribution is 2.39. The van der Waals surface area contributed by atoms with E-state index in [9.17, 15) is 0 Å². The topological polar surface area (TPSA) is 37.2 Å². The predicted molar refractivity (Wildman–Crippen MR) is 294 cm³/mol. The number of hydrogen-bond donors (Lipinski definition) is 2. The number of nitrogens with one attached hydrogen (secondary N) is 2. The Kier molecular flexibility index (Phi) is 19.9. The molecule has 0 aliphatic heterocycles. The van der Waals surface area contributed by atoms with Crippen molar-refractivity contribution >= 4 is 28.8 Å². The molecule has 3 nitrogen and oxygen atoms in total. The molecule has 1 heterocycles. The molecular formula is C62H89BN2O. The van der Waals surface area contributed by atoms with Crippen LogP contribution in [0.15, 0.2) is 160 Å². The van der Waals surface area contributed by atoms with Crippen LogP contribution in [-0.2, 0) is 5.41 Å². The first-order valence-corrected chi connectivity index (χ1v) is 25.3. The zero-order valence-electron chi connectivity index (χ0n) is 44.3. The molecule has 1 aliphatic rings. The number of unbranched alkanes of at least 4 members (excludes halogenated alkanes) is 1. The third-order valence-electron chi connectivity index (χ3n) is 13.8. The van der Waals surface area contributed by atoms with Crippen molar-refractivity contribution in [3.05, 3.63) is 167 Å². The van der Waals surface area contributed by atoms with Crippen LogP contribution in [0.2, 0.25) is 0 Å². The molecule has 0 bridgehead atoms. The second-order valence-corrected chi connectivity index (χ2v) is 22.5. The summed E-state index contributed by atoms with van der Waals surface area (Å²) in [5, 5.41) is 9.17. The Morgan fingerprint density at radius 2 is 1.58 bits per heavy atom. The van der Waals surface area contributed by atoms with Crippen molar-refractivity contribution in [1.82, 2.24) is 10.6 Å². The van der Waals surface area contributed by atoms with Crippen molar-refractivity contribution in [2.24, 2.45) is 22.7 Å². The van der Waals surface area contributed by atoms with Crippen LogP contribution < -0.4 is 21.8 Å². The highest BCUT2D eigenvalue weighted by atomic mass is 16.3. The Balaban J connectivity index is 2.12. The molecule has 0 radical (unpaired) electrons. The highest BCUT2D eigenvalue weighted by molar-refractivity contribution is 6.90. The third-order valence-corrected chi connectivity index (χ3v) is 13.8. The van der Waals surface area contributed by atoms with Gasteiger partial charge in [-0.25, -0.2) is 0 Å². The van der Waals surface area contributed by atoms with Crippen molar-refractivity contribution in [2.45, 2.75) is 167 Å². The van der Waals surface area contributed by atoms with Gasteiger partial charge in [-0.05, 0) is 158 Å². The quantitative estimate of drug-likeness (QED) is 0.0674. The van der Waals surface area contributed by atoms with Gasteiger partial charge in [-0.3, -0.25) is 0 Å². The lowest BCUT2D eigenvalue weighted by Gasteiger charge is -2.32. The molecule has 1 aliphatic carbocycles. The van der Waals surface area contributed by atoms with Crippen molar-refractivity contribution in [3.63, 3.8) is 0 Å². The first kappa shape index (κ1) is 53.9. The maximum atomic E-state index is 7.07. The van der Waals surface area contributed by atoms with E-state index in [4.69, 9.17) is 4.42 Å². The van der Waals surface area contributed by atoms with Gasteiger partial charge < -0.3 is 15.1 Å². The lowest BCUT2D eigenvalue weighted by Crippen LogP contribution is -2.47. The van der Waals surface area contributed by atoms with Crippen LogP contribution in [0.4, 0.5) is 0 Å². The van der Waals surface area contributed by atoms with Gasteiger partial charge in [-0.1, -0.05) is 179 Å². The van der Waals surface area contributed by atoms with E-state index in [1.165, 1.54) is 64.5 Å². The van der Waals surface area contributed by atoms with Gasteiger partial charge in [0.05, 0.1) is 5.66 Å². The van der Waals surface area contributed by atoms with E-state index in [1.54, 1.807) is 0 Å². The summed E-state index contributed by atoms with van der Waals surface area (Å²) < 4.78 is 7.07. The smallest absolute Gasteiger partial charge is 0.287 e. The number of rotatable bonds is 20. The van der Waals surface area contributed by atoms with Gasteiger partial charge in [0, 0.05) is 28.9 Å². The van der Waals surface area contributed by atoms with Gasteiger partial charge in [-0.2, -0.15) is 0 Å². The third kappa shape index (κ3) is 15.4. The van der Waals surface area contributed by atoms with Crippen LogP contribution in [0.3, 0.4) is 0 Å². The van der Waals surface area contributed by atoms with Crippen LogP contribution in [0, 0.1) is 22.7 Å².